The van der Waals surface area contributed by atoms with Gasteiger partial charge in [-0.05, 0) is 25.1 Å². The smallest absolute Gasteiger partial charge is 0.301 e. The van der Waals surface area contributed by atoms with Gasteiger partial charge in [-0.3, -0.25) is 9.59 Å². The van der Waals surface area contributed by atoms with E-state index in [1.807, 2.05) is 0 Å². The normalized spacial score (nSPS) is 15.5. The molecule has 0 aromatic heterocycles. The minimum Gasteiger partial charge on any atom is -0.301 e. The van der Waals surface area contributed by atoms with Gasteiger partial charge >= 0.3 is 6.18 Å². The van der Waals surface area contributed by atoms with Crippen LogP contribution in [-0.4, -0.2) is 18.2 Å². The monoisotopic (exact) mass is 269 g/mol. The Labute approximate surface area is 107 Å². The number of amides is 1. The molecule has 0 unspecified atom stereocenters. The van der Waals surface area contributed by atoms with Crippen LogP contribution in [0.5, 0.6) is 0 Å². The van der Waals surface area contributed by atoms with Crippen molar-refractivity contribution >= 4 is 17.4 Å². The third-order valence-corrected chi connectivity index (χ3v) is 2.82. The Morgan fingerprint density at radius 3 is 2.53 bits per heavy atom. The maximum absolute atomic E-state index is 12.6. The summed E-state index contributed by atoms with van der Waals surface area (Å²) in [5.74, 6) is -1.70. The molecule has 1 heterocycles. The van der Waals surface area contributed by atoms with Gasteiger partial charge in [0.1, 0.15) is 0 Å². The van der Waals surface area contributed by atoms with Gasteiger partial charge in [0.05, 0.1) is 16.8 Å². The van der Waals surface area contributed by atoms with Crippen molar-refractivity contribution in [3.8, 4) is 0 Å². The van der Waals surface area contributed by atoms with Crippen LogP contribution in [0.25, 0.3) is 0 Å². The molecule has 0 N–H and O–H groups in total. The first kappa shape index (κ1) is 13.3. The number of fused-ring (bicyclic) bond motifs is 1. The number of benzene rings is 1. The molecular formula is C13H10F3NO2. The number of carbonyl (C=O) groups excluding carboxylic acids is 2. The summed E-state index contributed by atoms with van der Waals surface area (Å²) in [6.45, 7) is 1.91. The Morgan fingerprint density at radius 2 is 1.95 bits per heavy atom. The second-order valence-corrected chi connectivity index (χ2v) is 4.04. The lowest BCUT2D eigenvalue weighted by Gasteiger charge is -2.14. The second kappa shape index (κ2) is 4.53. The Bertz CT molecular complexity index is 576. The summed E-state index contributed by atoms with van der Waals surface area (Å²) in [5.41, 5.74) is -0.897. The first-order chi connectivity index (χ1) is 8.86. The molecule has 0 aliphatic carbocycles. The quantitative estimate of drug-likeness (QED) is 0.611. The van der Waals surface area contributed by atoms with Gasteiger partial charge in [-0.25, -0.2) is 0 Å². The molecule has 0 atom stereocenters. The number of Topliss-reactive ketones (excluding diaryl/α,β-unsaturated/α-hetero) is 1. The van der Waals surface area contributed by atoms with E-state index in [1.165, 1.54) is 0 Å². The summed E-state index contributed by atoms with van der Waals surface area (Å²) in [6, 6.07) is 2.75. The van der Waals surface area contributed by atoms with E-state index >= 15 is 0 Å². The lowest BCUT2D eigenvalue weighted by atomic mass is 10.1. The average molecular weight is 269 g/mol. The van der Waals surface area contributed by atoms with Crippen molar-refractivity contribution in [2.24, 2.45) is 0 Å². The van der Waals surface area contributed by atoms with Gasteiger partial charge in [-0.1, -0.05) is 12.2 Å². The highest BCUT2D eigenvalue weighted by Gasteiger charge is 2.38. The van der Waals surface area contributed by atoms with E-state index in [9.17, 15) is 22.8 Å². The van der Waals surface area contributed by atoms with Crippen molar-refractivity contribution in [1.29, 1.82) is 0 Å². The van der Waals surface area contributed by atoms with Gasteiger partial charge in [-0.2, -0.15) is 13.2 Å². The number of halogens is 3. The van der Waals surface area contributed by atoms with Gasteiger partial charge in [0, 0.05) is 6.54 Å². The van der Waals surface area contributed by atoms with E-state index in [2.05, 4.69) is 0 Å². The Kier molecular flexibility index (Phi) is 3.18. The maximum atomic E-state index is 12.6. The van der Waals surface area contributed by atoms with Crippen LogP contribution in [0.2, 0.25) is 0 Å². The molecule has 0 saturated heterocycles. The standard InChI is InChI=1S/C13H10F3NO2/c1-2-3-6-17-10-5-4-8(13(14,15)16)7-9(10)11(18)12(17)19/h2-5,7H,6H2,1H3/b3-2+. The number of allylic oxidation sites excluding steroid dienone is 1. The number of hydrogen-bond donors (Lipinski definition) is 0. The van der Waals surface area contributed by atoms with E-state index in [1.54, 1.807) is 19.1 Å². The van der Waals surface area contributed by atoms with E-state index in [0.717, 1.165) is 23.1 Å². The zero-order valence-corrected chi connectivity index (χ0v) is 9.99. The topological polar surface area (TPSA) is 37.4 Å². The second-order valence-electron chi connectivity index (χ2n) is 4.04. The van der Waals surface area contributed by atoms with Gasteiger partial charge < -0.3 is 4.90 Å². The largest absolute Gasteiger partial charge is 0.416 e. The molecule has 1 aliphatic rings. The summed E-state index contributed by atoms with van der Waals surface area (Å²) < 4.78 is 37.7. The molecule has 6 heteroatoms. The third-order valence-electron chi connectivity index (χ3n) is 2.82. The summed E-state index contributed by atoms with van der Waals surface area (Å²) in [7, 11) is 0. The molecule has 0 fully saturated rings. The van der Waals surface area contributed by atoms with E-state index in [-0.39, 0.29) is 17.8 Å². The van der Waals surface area contributed by atoms with Crippen molar-refractivity contribution in [3.05, 3.63) is 41.5 Å². The predicted octanol–water partition coefficient (Wildman–Crippen LogP) is 2.81. The number of ketones is 1. The summed E-state index contributed by atoms with van der Waals surface area (Å²) in [5, 5.41) is 0. The third kappa shape index (κ3) is 2.25. The van der Waals surface area contributed by atoms with E-state index in [4.69, 9.17) is 0 Å². The van der Waals surface area contributed by atoms with Crippen molar-refractivity contribution < 1.29 is 22.8 Å². The van der Waals surface area contributed by atoms with Crippen LogP contribution in [0.4, 0.5) is 18.9 Å². The number of alkyl halides is 3. The summed E-state index contributed by atoms with van der Waals surface area (Å²) in [4.78, 5) is 24.5. The molecule has 0 spiro atoms. The molecular weight excluding hydrogens is 259 g/mol. The number of anilines is 1. The first-order valence-corrected chi connectivity index (χ1v) is 5.55. The molecule has 0 saturated carbocycles. The molecule has 2 rings (SSSR count). The molecule has 19 heavy (non-hydrogen) atoms. The fourth-order valence-corrected chi connectivity index (χ4v) is 1.87. The van der Waals surface area contributed by atoms with Crippen LogP contribution in [0.1, 0.15) is 22.8 Å². The summed E-state index contributed by atoms with van der Waals surface area (Å²) in [6.07, 6.45) is -1.19. The predicted molar refractivity (Wildman–Crippen MR) is 62.9 cm³/mol. The SMILES string of the molecule is C/C=C/CN1C(=O)C(=O)c2cc(C(F)(F)F)ccc21. The van der Waals surface area contributed by atoms with Crippen LogP contribution >= 0.6 is 0 Å². The van der Waals surface area contributed by atoms with Gasteiger partial charge in [0.2, 0.25) is 0 Å². The minimum absolute atomic E-state index is 0.166. The molecule has 1 aliphatic heterocycles. The molecule has 1 amide bonds. The lowest BCUT2D eigenvalue weighted by molar-refractivity contribution is -0.137. The van der Waals surface area contributed by atoms with Crippen LogP contribution < -0.4 is 4.90 Å². The highest BCUT2D eigenvalue weighted by atomic mass is 19.4. The van der Waals surface area contributed by atoms with Crippen LogP contribution in [-0.2, 0) is 11.0 Å². The molecule has 1 aromatic carbocycles. The van der Waals surface area contributed by atoms with Crippen LogP contribution in [0.3, 0.4) is 0 Å². The Morgan fingerprint density at radius 1 is 1.26 bits per heavy atom. The molecule has 3 nitrogen and oxygen atoms in total. The molecule has 0 radical (unpaired) electrons. The summed E-state index contributed by atoms with van der Waals surface area (Å²) >= 11 is 0. The fourth-order valence-electron chi connectivity index (χ4n) is 1.87. The molecule has 0 bridgehead atoms. The van der Waals surface area contributed by atoms with Crippen LogP contribution in [0, 0.1) is 0 Å². The van der Waals surface area contributed by atoms with Gasteiger partial charge in [0.15, 0.2) is 0 Å². The van der Waals surface area contributed by atoms with Crippen molar-refractivity contribution in [2.45, 2.75) is 13.1 Å². The lowest BCUT2D eigenvalue weighted by Crippen LogP contribution is -2.29. The number of nitrogens with zero attached hydrogens (tertiary/aromatic N) is 1. The van der Waals surface area contributed by atoms with Crippen molar-refractivity contribution in [3.63, 3.8) is 0 Å². The Hall–Kier alpha value is -2.11. The van der Waals surface area contributed by atoms with E-state index in [0.29, 0.717) is 0 Å². The zero-order chi connectivity index (χ0) is 14.2. The Balaban J connectivity index is 2.47. The maximum Gasteiger partial charge on any atom is 0.416 e. The fraction of sp³-hybridized carbons (Fsp3) is 0.231. The van der Waals surface area contributed by atoms with Gasteiger partial charge in [-0.15, -0.1) is 0 Å². The highest BCUT2D eigenvalue weighted by Crippen LogP contribution is 2.35. The average Bonchev–Trinajstić information content (AvgIpc) is 2.59. The van der Waals surface area contributed by atoms with Crippen LogP contribution in [0.15, 0.2) is 30.4 Å². The number of carbonyl (C=O) groups is 2. The zero-order valence-electron chi connectivity index (χ0n) is 9.99. The minimum atomic E-state index is -4.53. The highest BCUT2D eigenvalue weighted by molar-refractivity contribution is 6.52. The number of rotatable bonds is 2. The molecule has 1 aromatic rings. The van der Waals surface area contributed by atoms with Gasteiger partial charge in [0.25, 0.3) is 11.7 Å². The first-order valence-electron chi connectivity index (χ1n) is 5.55. The number of hydrogen-bond acceptors (Lipinski definition) is 2. The molecule has 100 valence electrons. The van der Waals surface area contributed by atoms with Crippen molar-refractivity contribution in [2.75, 3.05) is 11.4 Å². The van der Waals surface area contributed by atoms with E-state index < -0.39 is 23.4 Å². The van der Waals surface area contributed by atoms with Crippen molar-refractivity contribution in [1.82, 2.24) is 0 Å².